The maximum Gasteiger partial charge on any atom is 0.151 e. The fraction of sp³-hybridized carbons (Fsp3) is 0.417. The molecule has 1 unspecified atom stereocenters. The molecule has 1 aliphatic rings. The number of nitrogens with zero attached hydrogens (tertiary/aromatic N) is 2. The lowest BCUT2D eigenvalue weighted by molar-refractivity contribution is -0.0406. The minimum Gasteiger partial charge on any atom is -0.356 e. The molecular weight excluding hydrogens is 442 g/mol. The van der Waals surface area contributed by atoms with Gasteiger partial charge in [-0.1, -0.05) is 12.1 Å². The highest BCUT2D eigenvalue weighted by atomic mass is 127. The molecule has 0 saturated carbocycles. The number of aromatic nitrogens is 2. The summed E-state index contributed by atoms with van der Waals surface area (Å²) in [7, 11) is 0. The first kappa shape index (κ1) is 12.2. The summed E-state index contributed by atoms with van der Waals surface area (Å²) in [6, 6.07) is 6.31. The molecule has 5 heteroatoms. The number of rotatable bonds is 1. The number of hydrogen-bond donors (Lipinski definition) is 0. The van der Waals surface area contributed by atoms with E-state index in [4.69, 9.17) is 9.84 Å². The number of hydrogen-bond acceptors (Lipinski definition) is 2. The molecule has 1 fully saturated rings. The second-order valence-corrected chi connectivity index (χ2v) is 6.38. The molecule has 0 bridgehead atoms. The Morgan fingerprint density at radius 3 is 2.88 bits per heavy atom. The SMILES string of the molecule is Ic1cccc2c(I)n(C3CCCCO3)nc12. The van der Waals surface area contributed by atoms with Crippen LogP contribution in [0.5, 0.6) is 0 Å². The molecular formula is C12H12I2N2O. The van der Waals surface area contributed by atoms with Crippen molar-refractivity contribution in [3.63, 3.8) is 0 Å². The second-order valence-electron chi connectivity index (χ2n) is 4.19. The molecule has 1 saturated heterocycles. The van der Waals surface area contributed by atoms with Crippen LogP contribution in [0.15, 0.2) is 18.2 Å². The third kappa shape index (κ3) is 2.21. The van der Waals surface area contributed by atoms with Gasteiger partial charge in [-0.25, -0.2) is 4.68 Å². The standard InChI is InChI=1S/C12H12I2N2O/c13-9-5-3-4-8-11(9)15-16(12(8)14)10-6-1-2-7-17-10/h3-5,10H,1-2,6-7H2. The molecule has 1 aromatic heterocycles. The highest BCUT2D eigenvalue weighted by molar-refractivity contribution is 14.1. The van der Waals surface area contributed by atoms with E-state index in [1.165, 1.54) is 25.5 Å². The Labute approximate surface area is 127 Å². The van der Waals surface area contributed by atoms with Crippen molar-refractivity contribution in [2.45, 2.75) is 25.5 Å². The summed E-state index contributed by atoms with van der Waals surface area (Å²) in [5.74, 6) is 0. The summed E-state index contributed by atoms with van der Waals surface area (Å²) in [6.07, 6.45) is 3.60. The summed E-state index contributed by atoms with van der Waals surface area (Å²) in [4.78, 5) is 0. The van der Waals surface area contributed by atoms with Crippen LogP contribution in [0.4, 0.5) is 0 Å². The van der Waals surface area contributed by atoms with Crippen LogP contribution in [0, 0.1) is 7.27 Å². The zero-order valence-electron chi connectivity index (χ0n) is 9.20. The molecule has 1 aromatic carbocycles. The number of benzene rings is 1. The van der Waals surface area contributed by atoms with Gasteiger partial charge in [0, 0.05) is 15.6 Å². The number of ether oxygens (including phenoxy) is 1. The third-order valence-electron chi connectivity index (χ3n) is 3.05. The van der Waals surface area contributed by atoms with Crippen LogP contribution in [0.25, 0.3) is 10.9 Å². The Bertz CT molecular complexity index is 547. The highest BCUT2D eigenvalue weighted by Crippen LogP contribution is 2.30. The largest absolute Gasteiger partial charge is 0.356 e. The van der Waals surface area contributed by atoms with Crippen LogP contribution >= 0.6 is 45.2 Å². The Balaban J connectivity index is 2.10. The van der Waals surface area contributed by atoms with E-state index in [0.717, 1.165) is 18.5 Å². The van der Waals surface area contributed by atoms with E-state index in [0.29, 0.717) is 0 Å². The molecule has 2 aromatic rings. The number of halogens is 2. The molecule has 17 heavy (non-hydrogen) atoms. The van der Waals surface area contributed by atoms with Gasteiger partial charge in [-0.3, -0.25) is 0 Å². The van der Waals surface area contributed by atoms with Crippen LogP contribution in [-0.2, 0) is 4.74 Å². The van der Waals surface area contributed by atoms with Crippen LogP contribution < -0.4 is 0 Å². The maximum absolute atomic E-state index is 5.81. The summed E-state index contributed by atoms with van der Waals surface area (Å²) in [5, 5.41) is 5.94. The van der Waals surface area contributed by atoms with Crippen LogP contribution in [-0.4, -0.2) is 16.4 Å². The monoisotopic (exact) mass is 454 g/mol. The molecule has 0 N–H and O–H groups in total. The molecule has 3 nitrogen and oxygen atoms in total. The van der Waals surface area contributed by atoms with Gasteiger partial charge in [0.2, 0.25) is 0 Å². The Kier molecular flexibility index (Phi) is 3.58. The molecule has 1 atom stereocenters. The van der Waals surface area contributed by atoms with E-state index in [-0.39, 0.29) is 6.23 Å². The van der Waals surface area contributed by atoms with Crippen molar-refractivity contribution >= 4 is 56.1 Å². The van der Waals surface area contributed by atoms with Gasteiger partial charge in [-0.15, -0.1) is 0 Å². The molecule has 0 amide bonds. The van der Waals surface area contributed by atoms with Gasteiger partial charge in [0.15, 0.2) is 6.23 Å². The predicted octanol–water partition coefficient (Wildman–Crippen LogP) is 3.94. The van der Waals surface area contributed by atoms with E-state index in [9.17, 15) is 0 Å². The van der Waals surface area contributed by atoms with E-state index < -0.39 is 0 Å². The van der Waals surface area contributed by atoms with E-state index >= 15 is 0 Å². The molecule has 2 heterocycles. The van der Waals surface area contributed by atoms with Gasteiger partial charge in [0.25, 0.3) is 0 Å². The van der Waals surface area contributed by atoms with Crippen LogP contribution in [0.2, 0.25) is 0 Å². The fourth-order valence-electron chi connectivity index (χ4n) is 2.17. The minimum absolute atomic E-state index is 0.124. The van der Waals surface area contributed by atoms with Gasteiger partial charge in [-0.2, -0.15) is 5.10 Å². The fourth-order valence-corrected chi connectivity index (χ4v) is 3.63. The van der Waals surface area contributed by atoms with Gasteiger partial charge in [0.1, 0.15) is 9.22 Å². The average molecular weight is 454 g/mol. The van der Waals surface area contributed by atoms with E-state index in [1.54, 1.807) is 0 Å². The molecule has 0 spiro atoms. The summed E-state index contributed by atoms with van der Waals surface area (Å²) >= 11 is 4.71. The Morgan fingerprint density at radius 2 is 2.18 bits per heavy atom. The Morgan fingerprint density at radius 1 is 1.29 bits per heavy atom. The molecule has 90 valence electrons. The van der Waals surface area contributed by atoms with Crippen molar-refractivity contribution in [3.8, 4) is 0 Å². The first-order valence-corrected chi connectivity index (χ1v) is 7.87. The van der Waals surface area contributed by atoms with Gasteiger partial charge in [0.05, 0.1) is 0 Å². The maximum atomic E-state index is 5.81. The first-order valence-electron chi connectivity index (χ1n) is 5.71. The highest BCUT2D eigenvalue weighted by Gasteiger charge is 2.21. The van der Waals surface area contributed by atoms with Crippen LogP contribution in [0.3, 0.4) is 0 Å². The van der Waals surface area contributed by atoms with Crippen molar-refractivity contribution in [2.75, 3.05) is 6.61 Å². The van der Waals surface area contributed by atoms with Crippen molar-refractivity contribution < 1.29 is 4.74 Å². The predicted molar refractivity (Wildman–Crippen MR) is 84.0 cm³/mol. The normalized spacial score (nSPS) is 20.9. The second kappa shape index (κ2) is 5.00. The molecule has 0 aliphatic carbocycles. The lowest BCUT2D eigenvalue weighted by atomic mass is 10.2. The lowest BCUT2D eigenvalue weighted by Crippen LogP contribution is -2.20. The van der Waals surface area contributed by atoms with Crippen LogP contribution in [0.1, 0.15) is 25.5 Å². The smallest absolute Gasteiger partial charge is 0.151 e. The first-order chi connectivity index (χ1) is 8.27. The van der Waals surface area contributed by atoms with E-state index in [2.05, 4.69) is 63.4 Å². The lowest BCUT2D eigenvalue weighted by Gasteiger charge is -2.23. The topological polar surface area (TPSA) is 27.1 Å². The van der Waals surface area contributed by atoms with Crippen molar-refractivity contribution in [3.05, 3.63) is 25.5 Å². The molecule has 3 rings (SSSR count). The van der Waals surface area contributed by atoms with E-state index in [1.807, 2.05) is 4.68 Å². The molecule has 1 aliphatic heterocycles. The van der Waals surface area contributed by atoms with Gasteiger partial charge >= 0.3 is 0 Å². The summed E-state index contributed by atoms with van der Waals surface area (Å²) < 4.78 is 10.2. The molecule has 0 radical (unpaired) electrons. The summed E-state index contributed by atoms with van der Waals surface area (Å²) in [6.45, 7) is 0.855. The third-order valence-corrected chi connectivity index (χ3v) is 4.99. The van der Waals surface area contributed by atoms with Crippen molar-refractivity contribution in [1.82, 2.24) is 9.78 Å². The number of fused-ring (bicyclic) bond motifs is 1. The summed E-state index contributed by atoms with van der Waals surface area (Å²) in [5.41, 5.74) is 1.09. The van der Waals surface area contributed by atoms with Gasteiger partial charge in [-0.05, 0) is 70.5 Å². The van der Waals surface area contributed by atoms with Gasteiger partial charge < -0.3 is 4.74 Å². The Hall–Kier alpha value is 0.110. The quantitative estimate of drug-likeness (QED) is 0.611. The van der Waals surface area contributed by atoms with Crippen molar-refractivity contribution in [1.29, 1.82) is 0 Å². The van der Waals surface area contributed by atoms with Crippen molar-refractivity contribution in [2.24, 2.45) is 0 Å². The zero-order valence-corrected chi connectivity index (χ0v) is 13.5. The minimum atomic E-state index is 0.124. The average Bonchev–Trinajstić information content (AvgIpc) is 2.70. The zero-order chi connectivity index (χ0) is 11.8.